The third kappa shape index (κ3) is 4.04. The molecule has 2 atom stereocenters. The summed E-state index contributed by atoms with van der Waals surface area (Å²) in [7, 11) is 0. The van der Waals surface area contributed by atoms with Crippen LogP contribution in [0.5, 0.6) is 0 Å². The molecule has 0 bridgehead atoms. The fraction of sp³-hybridized carbons (Fsp3) is 0.381. The standard InChI is InChI=1S/C21H22F2N4/c1-13(2)7-15-10-18(15)21-25-20(19-5-3-4-6-24-19)26-27(21)12-14-8-16(22)11-17(23)9-14/h3-6,8-9,11,13,15,18H,7,10,12H2,1-2H3/t15-,18-/m1/s1. The van der Waals surface area contributed by atoms with Gasteiger partial charge in [-0.25, -0.2) is 18.4 Å². The summed E-state index contributed by atoms with van der Waals surface area (Å²) in [6.07, 6.45) is 3.93. The monoisotopic (exact) mass is 368 g/mol. The van der Waals surface area contributed by atoms with Gasteiger partial charge < -0.3 is 0 Å². The van der Waals surface area contributed by atoms with Crippen molar-refractivity contribution in [2.24, 2.45) is 11.8 Å². The normalized spacial score (nSPS) is 18.9. The largest absolute Gasteiger partial charge is 0.253 e. The molecule has 4 rings (SSSR count). The lowest BCUT2D eigenvalue weighted by Crippen LogP contribution is -2.08. The van der Waals surface area contributed by atoms with Gasteiger partial charge in [0, 0.05) is 18.2 Å². The molecule has 4 nitrogen and oxygen atoms in total. The minimum atomic E-state index is -0.583. The number of nitrogens with zero attached hydrogens (tertiary/aromatic N) is 4. The fourth-order valence-corrected chi connectivity index (χ4v) is 3.65. The predicted molar refractivity (Wildman–Crippen MR) is 99.0 cm³/mol. The molecule has 0 aliphatic heterocycles. The van der Waals surface area contributed by atoms with Gasteiger partial charge in [-0.05, 0) is 54.5 Å². The smallest absolute Gasteiger partial charge is 0.200 e. The van der Waals surface area contributed by atoms with Crippen LogP contribution >= 0.6 is 0 Å². The maximum absolute atomic E-state index is 13.6. The predicted octanol–water partition coefficient (Wildman–Crippen LogP) is 4.82. The van der Waals surface area contributed by atoms with E-state index in [-0.39, 0.29) is 6.54 Å². The van der Waals surface area contributed by atoms with Crippen molar-refractivity contribution < 1.29 is 8.78 Å². The third-order valence-corrected chi connectivity index (χ3v) is 4.88. The van der Waals surface area contributed by atoms with Gasteiger partial charge in [0.1, 0.15) is 23.2 Å². The zero-order valence-electron chi connectivity index (χ0n) is 15.4. The van der Waals surface area contributed by atoms with Crippen molar-refractivity contribution in [3.05, 3.63) is 65.6 Å². The molecule has 1 aliphatic carbocycles. The van der Waals surface area contributed by atoms with Gasteiger partial charge in [0.25, 0.3) is 0 Å². The molecule has 1 aromatic carbocycles. The zero-order valence-corrected chi connectivity index (χ0v) is 15.4. The Bertz CT molecular complexity index is 916. The van der Waals surface area contributed by atoms with Crippen LogP contribution < -0.4 is 0 Å². The first-order valence-corrected chi connectivity index (χ1v) is 9.30. The average Bonchev–Trinajstić information content (AvgIpc) is 3.22. The fourth-order valence-electron chi connectivity index (χ4n) is 3.65. The number of benzene rings is 1. The third-order valence-electron chi connectivity index (χ3n) is 4.88. The lowest BCUT2D eigenvalue weighted by molar-refractivity contribution is 0.520. The lowest BCUT2D eigenvalue weighted by Gasteiger charge is -2.07. The van der Waals surface area contributed by atoms with E-state index in [1.54, 1.807) is 10.9 Å². The molecule has 0 N–H and O–H groups in total. The van der Waals surface area contributed by atoms with Crippen molar-refractivity contribution in [1.82, 2.24) is 19.7 Å². The van der Waals surface area contributed by atoms with Crippen LogP contribution in [0.4, 0.5) is 8.78 Å². The molecular weight excluding hydrogens is 346 g/mol. The summed E-state index contributed by atoms with van der Waals surface area (Å²) in [6, 6.07) is 9.16. The summed E-state index contributed by atoms with van der Waals surface area (Å²) < 4.78 is 28.9. The molecule has 3 aromatic rings. The zero-order chi connectivity index (χ0) is 19.0. The van der Waals surface area contributed by atoms with Gasteiger partial charge in [0.05, 0.1) is 6.54 Å². The van der Waals surface area contributed by atoms with Crippen LogP contribution in [0.2, 0.25) is 0 Å². The summed E-state index contributed by atoms with van der Waals surface area (Å²) in [5.41, 5.74) is 1.23. The van der Waals surface area contributed by atoms with E-state index in [2.05, 4.69) is 23.9 Å². The molecular formula is C21H22F2N4. The number of hydrogen-bond donors (Lipinski definition) is 0. The van der Waals surface area contributed by atoms with Crippen molar-refractivity contribution in [3.8, 4) is 11.5 Å². The van der Waals surface area contributed by atoms with Gasteiger partial charge in [-0.2, -0.15) is 0 Å². The number of halogens is 2. The van der Waals surface area contributed by atoms with Gasteiger partial charge in [-0.1, -0.05) is 19.9 Å². The Morgan fingerprint density at radius 1 is 1.15 bits per heavy atom. The number of rotatable bonds is 6. The van der Waals surface area contributed by atoms with E-state index in [0.29, 0.717) is 34.8 Å². The van der Waals surface area contributed by atoms with Crippen LogP contribution in [-0.4, -0.2) is 19.7 Å². The number of pyridine rings is 1. The van der Waals surface area contributed by atoms with E-state index in [1.807, 2.05) is 18.2 Å². The van der Waals surface area contributed by atoms with Crippen LogP contribution in [-0.2, 0) is 6.54 Å². The molecule has 0 spiro atoms. The summed E-state index contributed by atoms with van der Waals surface area (Å²) in [5.74, 6) is 1.83. The highest BCUT2D eigenvalue weighted by atomic mass is 19.1. The van der Waals surface area contributed by atoms with Gasteiger partial charge >= 0.3 is 0 Å². The van der Waals surface area contributed by atoms with Crippen molar-refractivity contribution in [2.45, 2.75) is 39.2 Å². The van der Waals surface area contributed by atoms with Crippen LogP contribution in [0.25, 0.3) is 11.5 Å². The van der Waals surface area contributed by atoms with Crippen molar-refractivity contribution in [1.29, 1.82) is 0 Å². The van der Waals surface area contributed by atoms with Gasteiger partial charge in [-0.3, -0.25) is 4.98 Å². The Labute approximate surface area is 157 Å². The quantitative estimate of drug-likeness (QED) is 0.627. The Morgan fingerprint density at radius 3 is 2.59 bits per heavy atom. The maximum Gasteiger partial charge on any atom is 0.200 e. The molecule has 0 radical (unpaired) electrons. The highest BCUT2D eigenvalue weighted by Gasteiger charge is 2.42. The Kier molecular flexibility index (Phi) is 4.72. The first kappa shape index (κ1) is 17.8. The van der Waals surface area contributed by atoms with Crippen LogP contribution in [0.1, 0.15) is 44.0 Å². The average molecular weight is 368 g/mol. The molecule has 0 amide bonds. The second-order valence-corrected chi connectivity index (χ2v) is 7.68. The minimum absolute atomic E-state index is 0.286. The van der Waals surface area contributed by atoms with E-state index in [9.17, 15) is 8.78 Å². The summed E-state index contributed by atoms with van der Waals surface area (Å²) >= 11 is 0. The molecule has 0 unspecified atom stereocenters. The van der Waals surface area contributed by atoms with E-state index >= 15 is 0 Å². The van der Waals surface area contributed by atoms with Crippen LogP contribution in [0.15, 0.2) is 42.6 Å². The van der Waals surface area contributed by atoms with Crippen molar-refractivity contribution in [3.63, 3.8) is 0 Å². The Morgan fingerprint density at radius 2 is 1.93 bits per heavy atom. The van der Waals surface area contributed by atoms with E-state index < -0.39 is 11.6 Å². The summed E-state index contributed by atoms with van der Waals surface area (Å²) in [5, 5.41) is 4.61. The van der Waals surface area contributed by atoms with E-state index in [4.69, 9.17) is 4.98 Å². The van der Waals surface area contributed by atoms with Crippen molar-refractivity contribution in [2.75, 3.05) is 0 Å². The topological polar surface area (TPSA) is 43.6 Å². The SMILES string of the molecule is CC(C)C[C@@H]1C[C@H]1c1nc(-c2ccccn2)nn1Cc1cc(F)cc(F)c1. The lowest BCUT2D eigenvalue weighted by atomic mass is 10.1. The Hall–Kier alpha value is -2.63. The molecule has 1 saturated carbocycles. The van der Waals surface area contributed by atoms with E-state index in [1.165, 1.54) is 12.1 Å². The second kappa shape index (κ2) is 7.18. The van der Waals surface area contributed by atoms with Crippen LogP contribution in [0.3, 0.4) is 0 Å². The number of hydrogen-bond acceptors (Lipinski definition) is 3. The van der Waals surface area contributed by atoms with Gasteiger partial charge in [0.2, 0.25) is 0 Å². The highest BCUT2D eigenvalue weighted by molar-refractivity contribution is 5.48. The molecule has 0 saturated heterocycles. The Balaban J connectivity index is 1.67. The molecule has 140 valence electrons. The summed E-state index contributed by atoms with van der Waals surface area (Å²) in [4.78, 5) is 9.07. The first-order chi connectivity index (χ1) is 13.0. The first-order valence-electron chi connectivity index (χ1n) is 9.30. The summed E-state index contributed by atoms with van der Waals surface area (Å²) in [6.45, 7) is 4.72. The van der Waals surface area contributed by atoms with Gasteiger partial charge in [0.15, 0.2) is 5.82 Å². The molecule has 27 heavy (non-hydrogen) atoms. The molecule has 1 aliphatic rings. The molecule has 2 heterocycles. The van der Waals surface area contributed by atoms with Crippen molar-refractivity contribution >= 4 is 0 Å². The highest BCUT2D eigenvalue weighted by Crippen LogP contribution is 2.50. The molecule has 1 fully saturated rings. The van der Waals surface area contributed by atoms with Gasteiger partial charge in [-0.15, -0.1) is 5.10 Å². The molecule has 2 aromatic heterocycles. The van der Waals surface area contributed by atoms with E-state index in [0.717, 1.165) is 24.7 Å². The second-order valence-electron chi connectivity index (χ2n) is 7.68. The molecule has 6 heteroatoms. The van der Waals surface area contributed by atoms with Crippen LogP contribution in [0, 0.1) is 23.5 Å². The minimum Gasteiger partial charge on any atom is -0.253 e. The maximum atomic E-state index is 13.6. The number of aromatic nitrogens is 4.